The largest absolute Gasteiger partial charge is 0.507 e. The first-order chi connectivity index (χ1) is 9.50. The smallest absolute Gasteiger partial charge is 0.257 e. The number of benzene rings is 1. The van der Waals surface area contributed by atoms with Crippen LogP contribution >= 0.6 is 0 Å². The number of hydrogen-bond donors (Lipinski definition) is 1. The predicted octanol–water partition coefficient (Wildman–Crippen LogP) is 3.60. The van der Waals surface area contributed by atoms with E-state index in [0.29, 0.717) is 17.4 Å². The molecule has 2 rings (SSSR count). The maximum absolute atomic E-state index is 12.6. The maximum Gasteiger partial charge on any atom is 0.257 e. The zero-order valence-corrected chi connectivity index (χ0v) is 12.7. The Hall–Kier alpha value is -1.51. The minimum absolute atomic E-state index is 0.0318. The van der Waals surface area contributed by atoms with Gasteiger partial charge in [-0.05, 0) is 49.7 Å². The Morgan fingerprint density at radius 2 is 2.05 bits per heavy atom. The third kappa shape index (κ3) is 3.14. The van der Waals surface area contributed by atoms with Crippen LogP contribution in [0.5, 0.6) is 5.75 Å². The van der Waals surface area contributed by atoms with Gasteiger partial charge in [0.15, 0.2) is 0 Å². The molecule has 3 heteroatoms. The van der Waals surface area contributed by atoms with Gasteiger partial charge in [0.2, 0.25) is 0 Å². The molecular weight excluding hydrogens is 250 g/mol. The van der Waals surface area contributed by atoms with Crippen LogP contribution in [0.25, 0.3) is 0 Å². The summed E-state index contributed by atoms with van der Waals surface area (Å²) in [6.45, 7) is 7.94. The number of nitrogens with zero attached hydrogens (tertiary/aromatic N) is 1. The van der Waals surface area contributed by atoms with Crippen LogP contribution in [0, 0.1) is 18.8 Å². The molecule has 1 unspecified atom stereocenters. The number of carbonyl (C=O) groups is 1. The molecule has 1 N–H and O–H groups in total. The average Bonchev–Trinajstić information content (AvgIpc) is 2.67. The quantitative estimate of drug-likeness (QED) is 0.896. The molecule has 0 aliphatic carbocycles. The number of amides is 1. The second-order valence-corrected chi connectivity index (χ2v) is 6.20. The van der Waals surface area contributed by atoms with Gasteiger partial charge in [0.1, 0.15) is 5.75 Å². The summed E-state index contributed by atoms with van der Waals surface area (Å²) in [4.78, 5) is 14.5. The van der Waals surface area contributed by atoms with Crippen molar-refractivity contribution in [3.8, 4) is 5.75 Å². The standard InChI is InChI=1S/C17H25NO2/c1-12(2)14-7-5-10-18(11-9-14)17(20)15-8-4-6-13(3)16(15)19/h4,6,8,12,14,19H,5,7,9-11H2,1-3H3. The maximum atomic E-state index is 12.6. The Labute approximate surface area is 121 Å². The normalized spacial score (nSPS) is 20.0. The zero-order valence-electron chi connectivity index (χ0n) is 12.7. The molecule has 0 saturated carbocycles. The summed E-state index contributed by atoms with van der Waals surface area (Å²) in [6, 6.07) is 5.37. The Morgan fingerprint density at radius 3 is 2.75 bits per heavy atom. The van der Waals surface area contributed by atoms with Gasteiger partial charge in [0, 0.05) is 13.1 Å². The van der Waals surface area contributed by atoms with Gasteiger partial charge in [-0.1, -0.05) is 26.0 Å². The topological polar surface area (TPSA) is 40.5 Å². The molecule has 0 spiro atoms. The van der Waals surface area contributed by atoms with Gasteiger partial charge in [-0.2, -0.15) is 0 Å². The monoisotopic (exact) mass is 275 g/mol. The SMILES string of the molecule is Cc1cccc(C(=O)N2CCCC(C(C)C)CC2)c1O. The van der Waals surface area contributed by atoms with Crippen LogP contribution in [-0.2, 0) is 0 Å². The second kappa shape index (κ2) is 6.29. The third-order valence-electron chi connectivity index (χ3n) is 4.47. The van der Waals surface area contributed by atoms with Crippen LogP contribution in [0.2, 0.25) is 0 Å². The van der Waals surface area contributed by atoms with Crippen LogP contribution < -0.4 is 0 Å². The van der Waals surface area contributed by atoms with Crippen LogP contribution in [-0.4, -0.2) is 29.0 Å². The van der Waals surface area contributed by atoms with Crippen molar-refractivity contribution < 1.29 is 9.90 Å². The molecular formula is C17H25NO2. The van der Waals surface area contributed by atoms with Crippen LogP contribution in [0.3, 0.4) is 0 Å². The Balaban J connectivity index is 2.11. The third-order valence-corrected chi connectivity index (χ3v) is 4.47. The summed E-state index contributed by atoms with van der Waals surface area (Å²) in [5.41, 5.74) is 1.19. The number of para-hydroxylation sites is 1. The van der Waals surface area contributed by atoms with Crippen molar-refractivity contribution in [3.63, 3.8) is 0 Å². The molecule has 20 heavy (non-hydrogen) atoms. The molecule has 0 aromatic heterocycles. The summed E-state index contributed by atoms with van der Waals surface area (Å²) >= 11 is 0. The number of phenols is 1. The van der Waals surface area contributed by atoms with Crippen molar-refractivity contribution in [2.75, 3.05) is 13.1 Å². The van der Waals surface area contributed by atoms with Crippen molar-refractivity contribution in [1.82, 2.24) is 4.90 Å². The Kier molecular flexibility index (Phi) is 4.69. The van der Waals surface area contributed by atoms with Crippen molar-refractivity contribution in [2.24, 2.45) is 11.8 Å². The molecule has 1 aromatic carbocycles. The minimum Gasteiger partial charge on any atom is -0.507 e. The Morgan fingerprint density at radius 1 is 1.30 bits per heavy atom. The molecule has 3 nitrogen and oxygen atoms in total. The molecule has 0 bridgehead atoms. The number of phenolic OH excluding ortho intramolecular Hbond substituents is 1. The van der Waals surface area contributed by atoms with Gasteiger partial charge in [-0.15, -0.1) is 0 Å². The van der Waals surface area contributed by atoms with Gasteiger partial charge in [0.05, 0.1) is 5.56 Å². The van der Waals surface area contributed by atoms with Gasteiger partial charge in [-0.3, -0.25) is 4.79 Å². The lowest BCUT2D eigenvalue weighted by Gasteiger charge is -2.22. The molecule has 1 aliphatic rings. The molecule has 1 atom stereocenters. The van der Waals surface area contributed by atoms with E-state index in [1.54, 1.807) is 6.07 Å². The van der Waals surface area contributed by atoms with Gasteiger partial charge in [0.25, 0.3) is 5.91 Å². The van der Waals surface area contributed by atoms with Crippen molar-refractivity contribution in [2.45, 2.75) is 40.0 Å². The van der Waals surface area contributed by atoms with E-state index in [9.17, 15) is 9.90 Å². The fourth-order valence-corrected chi connectivity index (χ4v) is 2.99. The number of hydrogen-bond acceptors (Lipinski definition) is 2. The highest BCUT2D eigenvalue weighted by molar-refractivity contribution is 5.97. The first-order valence-electron chi connectivity index (χ1n) is 7.58. The van der Waals surface area contributed by atoms with Gasteiger partial charge in [-0.25, -0.2) is 0 Å². The fraction of sp³-hybridized carbons (Fsp3) is 0.588. The number of likely N-dealkylation sites (tertiary alicyclic amines) is 1. The molecule has 1 aromatic rings. The van der Waals surface area contributed by atoms with Crippen molar-refractivity contribution >= 4 is 5.91 Å². The van der Waals surface area contributed by atoms with Crippen LogP contribution in [0.4, 0.5) is 0 Å². The first-order valence-corrected chi connectivity index (χ1v) is 7.58. The minimum atomic E-state index is -0.0318. The number of carbonyl (C=O) groups excluding carboxylic acids is 1. The molecule has 0 radical (unpaired) electrons. The van der Waals surface area contributed by atoms with E-state index in [0.717, 1.165) is 31.5 Å². The van der Waals surface area contributed by atoms with Crippen molar-refractivity contribution in [3.05, 3.63) is 29.3 Å². The lowest BCUT2D eigenvalue weighted by atomic mass is 9.89. The van der Waals surface area contributed by atoms with E-state index >= 15 is 0 Å². The summed E-state index contributed by atoms with van der Waals surface area (Å²) in [6.07, 6.45) is 3.32. The molecule has 1 heterocycles. The molecule has 1 saturated heterocycles. The lowest BCUT2D eigenvalue weighted by Crippen LogP contribution is -2.32. The zero-order chi connectivity index (χ0) is 14.7. The van der Waals surface area contributed by atoms with E-state index < -0.39 is 0 Å². The highest BCUT2D eigenvalue weighted by atomic mass is 16.3. The summed E-state index contributed by atoms with van der Waals surface area (Å²) in [5.74, 6) is 1.48. The van der Waals surface area contributed by atoms with E-state index in [-0.39, 0.29) is 11.7 Å². The highest BCUT2D eigenvalue weighted by Gasteiger charge is 2.24. The summed E-state index contributed by atoms with van der Waals surface area (Å²) in [5, 5.41) is 10.1. The van der Waals surface area contributed by atoms with E-state index in [1.165, 1.54) is 6.42 Å². The average molecular weight is 275 g/mol. The second-order valence-electron chi connectivity index (χ2n) is 6.20. The molecule has 1 amide bonds. The van der Waals surface area contributed by atoms with E-state index in [4.69, 9.17) is 0 Å². The number of rotatable bonds is 2. The number of aryl methyl sites for hydroxylation is 1. The van der Waals surface area contributed by atoms with Gasteiger partial charge >= 0.3 is 0 Å². The van der Waals surface area contributed by atoms with Gasteiger partial charge < -0.3 is 10.0 Å². The van der Waals surface area contributed by atoms with Crippen LogP contribution in [0.1, 0.15) is 49.0 Å². The van der Waals surface area contributed by atoms with E-state index in [1.807, 2.05) is 24.0 Å². The highest BCUT2D eigenvalue weighted by Crippen LogP contribution is 2.27. The first kappa shape index (κ1) is 14.9. The molecule has 1 fully saturated rings. The molecule has 110 valence electrons. The fourth-order valence-electron chi connectivity index (χ4n) is 2.99. The predicted molar refractivity (Wildman–Crippen MR) is 80.9 cm³/mol. The van der Waals surface area contributed by atoms with E-state index in [2.05, 4.69) is 13.8 Å². The lowest BCUT2D eigenvalue weighted by molar-refractivity contribution is 0.0755. The summed E-state index contributed by atoms with van der Waals surface area (Å²) in [7, 11) is 0. The number of aromatic hydroxyl groups is 1. The Bertz CT molecular complexity index is 482. The molecule has 1 aliphatic heterocycles. The van der Waals surface area contributed by atoms with Crippen LogP contribution in [0.15, 0.2) is 18.2 Å². The summed E-state index contributed by atoms with van der Waals surface area (Å²) < 4.78 is 0. The van der Waals surface area contributed by atoms with Crippen molar-refractivity contribution in [1.29, 1.82) is 0 Å².